The molecule has 0 aliphatic carbocycles. The van der Waals surface area contributed by atoms with E-state index in [1.807, 2.05) is 12.1 Å². The van der Waals surface area contributed by atoms with Gasteiger partial charge in [-0.05, 0) is 12.6 Å². The molecule has 0 heterocycles. The van der Waals surface area contributed by atoms with Crippen LogP contribution >= 0.6 is 0 Å². The standard InChI is InChI=1S/C16H27NO4/c1-4-17-13-14-7-5-8-15(19-3)16(14)21-10-6-9-20-12-11-18-2/h5,7-8,17H,4,6,9-13H2,1-3H3. The van der Waals surface area contributed by atoms with Gasteiger partial charge in [-0.3, -0.25) is 0 Å². The van der Waals surface area contributed by atoms with Gasteiger partial charge in [0.2, 0.25) is 0 Å². The average molecular weight is 297 g/mol. The van der Waals surface area contributed by atoms with Gasteiger partial charge in [-0.1, -0.05) is 19.1 Å². The van der Waals surface area contributed by atoms with Gasteiger partial charge < -0.3 is 24.3 Å². The van der Waals surface area contributed by atoms with Crippen LogP contribution < -0.4 is 14.8 Å². The quantitative estimate of drug-likeness (QED) is 0.600. The zero-order chi connectivity index (χ0) is 15.3. The number of benzene rings is 1. The van der Waals surface area contributed by atoms with E-state index >= 15 is 0 Å². The fourth-order valence-electron chi connectivity index (χ4n) is 1.86. The van der Waals surface area contributed by atoms with E-state index in [-0.39, 0.29) is 0 Å². The molecule has 0 bridgehead atoms. The second-order valence-corrected chi connectivity index (χ2v) is 4.54. The maximum absolute atomic E-state index is 5.89. The molecule has 0 saturated heterocycles. The van der Waals surface area contributed by atoms with Crippen molar-refractivity contribution in [3.63, 3.8) is 0 Å². The van der Waals surface area contributed by atoms with Gasteiger partial charge in [-0.2, -0.15) is 0 Å². The predicted molar refractivity (Wildman–Crippen MR) is 83.2 cm³/mol. The summed E-state index contributed by atoms with van der Waals surface area (Å²) in [4.78, 5) is 0. The minimum atomic E-state index is 0.604. The normalized spacial score (nSPS) is 10.6. The van der Waals surface area contributed by atoms with Crippen molar-refractivity contribution in [1.82, 2.24) is 5.32 Å². The molecule has 1 N–H and O–H groups in total. The molecule has 21 heavy (non-hydrogen) atoms. The topological polar surface area (TPSA) is 49.0 Å². The van der Waals surface area contributed by atoms with Crippen LogP contribution in [-0.4, -0.2) is 47.2 Å². The molecule has 5 heteroatoms. The third-order valence-electron chi connectivity index (χ3n) is 2.96. The number of hydrogen-bond donors (Lipinski definition) is 1. The summed E-state index contributed by atoms with van der Waals surface area (Å²) in [6.07, 6.45) is 0.836. The molecule has 0 spiro atoms. The third kappa shape index (κ3) is 6.80. The van der Waals surface area contributed by atoms with Gasteiger partial charge in [0.05, 0.1) is 26.9 Å². The number of ether oxygens (including phenoxy) is 4. The lowest BCUT2D eigenvalue weighted by molar-refractivity contribution is 0.0642. The Morgan fingerprint density at radius 1 is 1.05 bits per heavy atom. The van der Waals surface area contributed by atoms with E-state index in [1.54, 1.807) is 14.2 Å². The smallest absolute Gasteiger partial charge is 0.165 e. The van der Waals surface area contributed by atoms with Crippen molar-refractivity contribution >= 4 is 0 Å². The van der Waals surface area contributed by atoms with Gasteiger partial charge in [0.1, 0.15) is 0 Å². The number of nitrogens with one attached hydrogen (secondary N) is 1. The number of methoxy groups -OCH3 is 2. The minimum Gasteiger partial charge on any atom is -0.493 e. The van der Waals surface area contributed by atoms with E-state index in [0.29, 0.717) is 26.4 Å². The van der Waals surface area contributed by atoms with E-state index in [1.165, 1.54) is 0 Å². The molecule has 0 fully saturated rings. The molecule has 0 amide bonds. The highest BCUT2D eigenvalue weighted by atomic mass is 16.5. The van der Waals surface area contributed by atoms with Crippen LogP contribution in [0.5, 0.6) is 11.5 Å². The van der Waals surface area contributed by atoms with Crippen LogP contribution in [0.3, 0.4) is 0 Å². The first-order valence-corrected chi connectivity index (χ1v) is 7.39. The molecule has 120 valence electrons. The van der Waals surface area contributed by atoms with Crippen molar-refractivity contribution < 1.29 is 18.9 Å². The molecule has 1 aromatic rings. The predicted octanol–water partition coefficient (Wildman–Crippen LogP) is 2.24. The van der Waals surface area contributed by atoms with Crippen LogP contribution in [-0.2, 0) is 16.0 Å². The number of para-hydroxylation sites is 1. The maximum Gasteiger partial charge on any atom is 0.165 e. The largest absolute Gasteiger partial charge is 0.493 e. The Hall–Kier alpha value is -1.30. The highest BCUT2D eigenvalue weighted by Crippen LogP contribution is 2.31. The summed E-state index contributed by atoms with van der Waals surface area (Å²) in [5.41, 5.74) is 1.11. The number of rotatable bonds is 12. The van der Waals surface area contributed by atoms with E-state index < -0.39 is 0 Å². The molecule has 1 aromatic carbocycles. The monoisotopic (exact) mass is 297 g/mol. The zero-order valence-electron chi connectivity index (χ0n) is 13.3. The summed E-state index contributed by atoms with van der Waals surface area (Å²) in [5, 5.41) is 3.31. The average Bonchev–Trinajstić information content (AvgIpc) is 2.52. The summed E-state index contributed by atoms with van der Waals surface area (Å²) < 4.78 is 21.6. The van der Waals surface area contributed by atoms with Crippen molar-refractivity contribution in [2.75, 3.05) is 47.2 Å². The molecule has 0 atom stereocenters. The highest BCUT2D eigenvalue weighted by Gasteiger charge is 2.10. The second-order valence-electron chi connectivity index (χ2n) is 4.54. The molecule has 0 unspecified atom stereocenters. The van der Waals surface area contributed by atoms with Gasteiger partial charge in [0.25, 0.3) is 0 Å². The van der Waals surface area contributed by atoms with Crippen molar-refractivity contribution in [1.29, 1.82) is 0 Å². The van der Waals surface area contributed by atoms with Crippen LogP contribution in [0.25, 0.3) is 0 Å². The van der Waals surface area contributed by atoms with E-state index in [0.717, 1.165) is 36.6 Å². The molecule has 5 nitrogen and oxygen atoms in total. The Balaban J connectivity index is 2.44. The van der Waals surface area contributed by atoms with Gasteiger partial charge in [0.15, 0.2) is 11.5 Å². The molecule has 0 radical (unpaired) electrons. The summed E-state index contributed by atoms with van der Waals surface area (Å²) in [5.74, 6) is 1.59. The van der Waals surface area contributed by atoms with E-state index in [9.17, 15) is 0 Å². The Morgan fingerprint density at radius 3 is 2.62 bits per heavy atom. The summed E-state index contributed by atoms with van der Waals surface area (Å²) in [6, 6.07) is 5.95. The summed E-state index contributed by atoms with van der Waals surface area (Å²) >= 11 is 0. The van der Waals surface area contributed by atoms with Crippen LogP contribution in [0.15, 0.2) is 18.2 Å². The molecule has 0 aliphatic rings. The van der Waals surface area contributed by atoms with Crippen molar-refractivity contribution in [3.8, 4) is 11.5 Å². The molecule has 1 rings (SSSR count). The van der Waals surface area contributed by atoms with Crippen LogP contribution in [0.2, 0.25) is 0 Å². The fraction of sp³-hybridized carbons (Fsp3) is 0.625. The summed E-state index contributed by atoms with van der Waals surface area (Å²) in [7, 11) is 3.33. The first-order valence-electron chi connectivity index (χ1n) is 7.39. The first-order chi connectivity index (χ1) is 10.3. The summed E-state index contributed by atoms with van der Waals surface area (Å²) in [6.45, 7) is 6.29. The van der Waals surface area contributed by atoms with Crippen molar-refractivity contribution in [2.24, 2.45) is 0 Å². The molecule has 0 aromatic heterocycles. The Labute approximate surface area is 127 Å². The lowest BCUT2D eigenvalue weighted by Gasteiger charge is -2.15. The Morgan fingerprint density at radius 2 is 1.90 bits per heavy atom. The SMILES string of the molecule is CCNCc1cccc(OC)c1OCCCOCCOC. The first kappa shape index (κ1) is 17.8. The zero-order valence-corrected chi connectivity index (χ0v) is 13.3. The van der Waals surface area contributed by atoms with Crippen molar-refractivity contribution in [3.05, 3.63) is 23.8 Å². The van der Waals surface area contributed by atoms with Crippen molar-refractivity contribution in [2.45, 2.75) is 19.9 Å². The maximum atomic E-state index is 5.89. The Kier molecular flexibility index (Phi) is 9.61. The van der Waals surface area contributed by atoms with Gasteiger partial charge in [-0.15, -0.1) is 0 Å². The van der Waals surface area contributed by atoms with Gasteiger partial charge >= 0.3 is 0 Å². The third-order valence-corrected chi connectivity index (χ3v) is 2.96. The highest BCUT2D eigenvalue weighted by molar-refractivity contribution is 5.46. The molecular formula is C16H27NO4. The lowest BCUT2D eigenvalue weighted by Crippen LogP contribution is -2.14. The van der Waals surface area contributed by atoms with Crippen LogP contribution in [0, 0.1) is 0 Å². The van der Waals surface area contributed by atoms with E-state index in [4.69, 9.17) is 18.9 Å². The minimum absolute atomic E-state index is 0.604. The molecule has 0 aliphatic heterocycles. The van der Waals surface area contributed by atoms with E-state index in [2.05, 4.69) is 18.3 Å². The lowest BCUT2D eigenvalue weighted by atomic mass is 10.2. The molecule has 0 saturated carbocycles. The second kappa shape index (κ2) is 11.4. The molecular weight excluding hydrogens is 270 g/mol. The van der Waals surface area contributed by atoms with Crippen LogP contribution in [0.4, 0.5) is 0 Å². The Bertz CT molecular complexity index is 385. The van der Waals surface area contributed by atoms with Gasteiger partial charge in [-0.25, -0.2) is 0 Å². The van der Waals surface area contributed by atoms with Gasteiger partial charge in [0, 0.05) is 32.2 Å². The number of hydrogen-bond acceptors (Lipinski definition) is 5. The van der Waals surface area contributed by atoms with Crippen LogP contribution in [0.1, 0.15) is 18.9 Å². The fourth-order valence-corrected chi connectivity index (χ4v) is 1.86.